The third-order valence-electron chi connectivity index (χ3n) is 7.05. The normalized spacial score (nSPS) is 17.6. The van der Waals surface area contributed by atoms with Crippen LogP contribution < -0.4 is 16.1 Å². The van der Waals surface area contributed by atoms with Crippen LogP contribution in [0.2, 0.25) is 0 Å². The fourth-order valence-electron chi connectivity index (χ4n) is 5.07. The number of nitrogens with one attached hydrogen (secondary N) is 2. The van der Waals surface area contributed by atoms with Gasteiger partial charge in [-0.05, 0) is 37.8 Å². The maximum absolute atomic E-state index is 13.3. The molecule has 4 rings (SSSR count). The third kappa shape index (κ3) is 6.55. The first-order valence-electron chi connectivity index (χ1n) is 12.9. The molecule has 0 unspecified atom stereocenters. The average molecular weight is 465 g/mol. The van der Waals surface area contributed by atoms with Gasteiger partial charge in [-0.2, -0.15) is 0 Å². The van der Waals surface area contributed by atoms with Gasteiger partial charge in [0.1, 0.15) is 11.1 Å². The van der Waals surface area contributed by atoms with E-state index in [1.165, 1.54) is 19.3 Å². The Morgan fingerprint density at radius 3 is 1.88 bits per heavy atom. The van der Waals surface area contributed by atoms with Crippen molar-refractivity contribution in [1.82, 2.24) is 20.2 Å². The summed E-state index contributed by atoms with van der Waals surface area (Å²) in [6, 6.07) is 5.92. The lowest BCUT2D eigenvalue weighted by molar-refractivity contribution is 0.0928. The number of aromatic nitrogens is 2. The Morgan fingerprint density at radius 1 is 0.824 bits per heavy atom. The average Bonchev–Trinajstić information content (AvgIpc) is 3.33. The van der Waals surface area contributed by atoms with Crippen molar-refractivity contribution in [2.45, 2.75) is 95.7 Å². The molecule has 2 saturated carbocycles. The SMILES string of the molecule is O=C(NC1CCCCCCC1)c1cn(CCc2ccccn2)cc(C(=O)NC2CCCC2)c1=O. The molecule has 2 fully saturated rings. The summed E-state index contributed by atoms with van der Waals surface area (Å²) in [6.45, 7) is 0.519. The van der Waals surface area contributed by atoms with Crippen LogP contribution in [0, 0.1) is 0 Å². The first-order chi connectivity index (χ1) is 16.6. The van der Waals surface area contributed by atoms with Crippen molar-refractivity contribution < 1.29 is 9.59 Å². The second kappa shape index (κ2) is 12.0. The Bertz CT molecular complexity index is 1020. The summed E-state index contributed by atoms with van der Waals surface area (Å²) in [5.41, 5.74) is 0.506. The maximum atomic E-state index is 13.3. The van der Waals surface area contributed by atoms with E-state index in [9.17, 15) is 14.4 Å². The van der Waals surface area contributed by atoms with Crippen molar-refractivity contribution in [2.75, 3.05) is 0 Å². The first kappa shape index (κ1) is 24.2. The highest BCUT2D eigenvalue weighted by Gasteiger charge is 2.24. The van der Waals surface area contributed by atoms with Crippen molar-refractivity contribution in [3.8, 4) is 0 Å². The Hall–Kier alpha value is -2.96. The monoisotopic (exact) mass is 464 g/mol. The van der Waals surface area contributed by atoms with Crippen molar-refractivity contribution in [3.05, 3.63) is 63.8 Å². The molecule has 7 heteroatoms. The lowest BCUT2D eigenvalue weighted by atomic mass is 9.96. The highest BCUT2D eigenvalue weighted by atomic mass is 16.2. The fraction of sp³-hybridized carbons (Fsp3) is 0.556. The Labute approximate surface area is 201 Å². The molecular formula is C27H36N4O3. The highest BCUT2D eigenvalue weighted by Crippen LogP contribution is 2.19. The van der Waals surface area contributed by atoms with Crippen LogP contribution in [0.1, 0.15) is 97.0 Å². The number of hydrogen-bond acceptors (Lipinski definition) is 4. The maximum Gasteiger partial charge on any atom is 0.256 e. The fourth-order valence-corrected chi connectivity index (χ4v) is 5.07. The van der Waals surface area contributed by atoms with E-state index in [0.717, 1.165) is 57.1 Å². The number of hydrogen-bond donors (Lipinski definition) is 2. The Balaban J connectivity index is 1.56. The molecule has 2 aliphatic rings. The second-order valence-corrected chi connectivity index (χ2v) is 9.69. The highest BCUT2D eigenvalue weighted by molar-refractivity contribution is 5.99. The van der Waals surface area contributed by atoms with Crippen molar-refractivity contribution >= 4 is 11.8 Å². The molecule has 0 spiro atoms. The third-order valence-corrected chi connectivity index (χ3v) is 7.05. The predicted molar refractivity (Wildman–Crippen MR) is 132 cm³/mol. The molecule has 2 heterocycles. The van der Waals surface area contributed by atoms with E-state index >= 15 is 0 Å². The largest absolute Gasteiger partial charge is 0.352 e. The summed E-state index contributed by atoms with van der Waals surface area (Å²) in [5.74, 6) is -0.762. The zero-order chi connectivity index (χ0) is 23.8. The van der Waals surface area contributed by atoms with Gasteiger partial charge in [0.05, 0.1) is 0 Å². The van der Waals surface area contributed by atoms with E-state index in [2.05, 4.69) is 15.6 Å². The molecule has 0 radical (unpaired) electrons. The van der Waals surface area contributed by atoms with Crippen molar-refractivity contribution in [3.63, 3.8) is 0 Å². The molecule has 2 N–H and O–H groups in total. The van der Waals surface area contributed by atoms with Crippen molar-refractivity contribution in [1.29, 1.82) is 0 Å². The van der Waals surface area contributed by atoms with E-state index in [4.69, 9.17) is 0 Å². The standard InChI is InChI=1S/C27H36N4O3/c32-25-23(26(33)29-21-11-4-2-1-3-5-12-21)18-31(17-15-20-10-8-9-16-28-20)19-24(25)27(34)30-22-13-6-7-14-22/h8-10,16,18-19,21-22H,1-7,11-15,17H2,(H,29,33)(H,30,34). The van der Waals surface area contributed by atoms with Gasteiger partial charge in [-0.1, -0.05) is 51.0 Å². The van der Waals surface area contributed by atoms with Crippen LogP contribution in [-0.4, -0.2) is 33.4 Å². The molecule has 7 nitrogen and oxygen atoms in total. The number of carbonyl (C=O) groups excluding carboxylic acids is 2. The number of pyridine rings is 2. The topological polar surface area (TPSA) is 93.1 Å². The molecule has 2 aliphatic carbocycles. The molecule has 0 saturated heterocycles. The molecule has 2 amide bonds. The molecule has 34 heavy (non-hydrogen) atoms. The zero-order valence-electron chi connectivity index (χ0n) is 19.9. The summed E-state index contributed by atoms with van der Waals surface area (Å²) in [7, 11) is 0. The van der Waals surface area contributed by atoms with Gasteiger partial charge in [-0.25, -0.2) is 0 Å². The zero-order valence-corrected chi connectivity index (χ0v) is 19.9. The van der Waals surface area contributed by atoms with Crippen molar-refractivity contribution in [2.24, 2.45) is 0 Å². The van der Waals surface area contributed by atoms with Gasteiger partial charge in [0.2, 0.25) is 5.43 Å². The number of nitrogens with zero attached hydrogens (tertiary/aromatic N) is 2. The summed E-state index contributed by atoms with van der Waals surface area (Å²) in [5, 5.41) is 6.09. The minimum atomic E-state index is -0.493. The number of rotatable bonds is 7. The predicted octanol–water partition coefficient (Wildman–Crippen LogP) is 4.00. The van der Waals surface area contributed by atoms with E-state index in [1.807, 2.05) is 18.2 Å². The van der Waals surface area contributed by atoms with Crippen LogP contribution in [0.4, 0.5) is 0 Å². The van der Waals surface area contributed by atoms with E-state index < -0.39 is 5.43 Å². The van der Waals surface area contributed by atoms with Gasteiger partial charge in [0.15, 0.2) is 0 Å². The molecule has 2 aromatic rings. The van der Waals surface area contributed by atoms with Gasteiger partial charge in [0.25, 0.3) is 11.8 Å². The number of amides is 2. The minimum absolute atomic E-state index is 0.0400. The lowest BCUT2D eigenvalue weighted by Gasteiger charge is -2.21. The Morgan fingerprint density at radius 2 is 1.35 bits per heavy atom. The van der Waals surface area contributed by atoms with Gasteiger partial charge in [-0.15, -0.1) is 0 Å². The van der Waals surface area contributed by atoms with Gasteiger partial charge < -0.3 is 15.2 Å². The lowest BCUT2D eigenvalue weighted by Crippen LogP contribution is -2.41. The smallest absolute Gasteiger partial charge is 0.256 e. The summed E-state index contributed by atoms with van der Waals surface area (Å²) in [6.07, 6.45) is 17.3. The van der Waals surface area contributed by atoms with Crippen LogP contribution >= 0.6 is 0 Å². The molecule has 0 aromatic carbocycles. The van der Waals surface area contributed by atoms with Crippen LogP contribution in [0.3, 0.4) is 0 Å². The number of carbonyl (C=O) groups is 2. The summed E-state index contributed by atoms with van der Waals surface area (Å²) < 4.78 is 1.78. The molecule has 0 aliphatic heterocycles. The van der Waals surface area contributed by atoms with Crippen LogP contribution in [-0.2, 0) is 13.0 Å². The molecular weight excluding hydrogens is 428 g/mol. The van der Waals surface area contributed by atoms with E-state index in [-0.39, 0.29) is 35.0 Å². The minimum Gasteiger partial charge on any atom is -0.352 e. The Kier molecular flexibility index (Phi) is 8.50. The quantitative estimate of drug-likeness (QED) is 0.648. The van der Waals surface area contributed by atoms with Crippen LogP contribution in [0.5, 0.6) is 0 Å². The second-order valence-electron chi connectivity index (χ2n) is 9.69. The number of aryl methyl sites for hydroxylation is 2. The van der Waals surface area contributed by atoms with Crippen LogP contribution in [0.25, 0.3) is 0 Å². The van der Waals surface area contributed by atoms with Gasteiger partial charge in [0, 0.05) is 49.3 Å². The van der Waals surface area contributed by atoms with Crippen LogP contribution in [0.15, 0.2) is 41.6 Å². The first-order valence-corrected chi connectivity index (χ1v) is 12.9. The van der Waals surface area contributed by atoms with E-state index in [1.54, 1.807) is 23.2 Å². The van der Waals surface area contributed by atoms with E-state index in [0.29, 0.717) is 13.0 Å². The molecule has 2 aromatic heterocycles. The van der Waals surface area contributed by atoms with Gasteiger partial charge in [-0.3, -0.25) is 19.4 Å². The van der Waals surface area contributed by atoms with Gasteiger partial charge >= 0.3 is 0 Å². The summed E-state index contributed by atoms with van der Waals surface area (Å²) in [4.78, 5) is 43.9. The molecule has 182 valence electrons. The summed E-state index contributed by atoms with van der Waals surface area (Å²) >= 11 is 0. The molecule has 0 bridgehead atoms. The molecule has 0 atom stereocenters.